The average molecular weight is 346 g/mol. The van der Waals surface area contributed by atoms with Gasteiger partial charge in [0.2, 0.25) is 0 Å². The van der Waals surface area contributed by atoms with Gasteiger partial charge in [-0.15, -0.1) is 0 Å². The van der Waals surface area contributed by atoms with Crippen LogP contribution >= 0.6 is 23.2 Å². The molecule has 1 aliphatic heterocycles. The molecular formula is C17H13Cl2N3O. The third-order valence-electron chi connectivity index (χ3n) is 4.09. The fourth-order valence-corrected chi connectivity index (χ4v) is 3.23. The van der Waals surface area contributed by atoms with Crippen LogP contribution in [0.15, 0.2) is 36.4 Å². The van der Waals surface area contributed by atoms with E-state index >= 15 is 0 Å². The van der Waals surface area contributed by atoms with Crippen molar-refractivity contribution in [3.63, 3.8) is 0 Å². The first-order valence-corrected chi connectivity index (χ1v) is 8.08. The zero-order valence-corrected chi connectivity index (χ0v) is 13.7. The fourth-order valence-electron chi connectivity index (χ4n) is 2.91. The zero-order valence-electron chi connectivity index (χ0n) is 12.1. The van der Waals surface area contributed by atoms with Crippen molar-refractivity contribution in [2.24, 2.45) is 0 Å². The quantitative estimate of drug-likeness (QED) is 0.777. The Bertz CT molecular complexity index is 880. The lowest BCUT2D eigenvalue weighted by Gasteiger charge is -2.14. The second-order valence-corrected chi connectivity index (χ2v) is 6.42. The van der Waals surface area contributed by atoms with Crippen LogP contribution in [0.4, 0.5) is 0 Å². The molecule has 4 nitrogen and oxygen atoms in total. The summed E-state index contributed by atoms with van der Waals surface area (Å²) in [5.74, 6) is 0.907. The Morgan fingerprint density at radius 3 is 2.78 bits per heavy atom. The Morgan fingerprint density at radius 2 is 1.96 bits per heavy atom. The van der Waals surface area contributed by atoms with Crippen molar-refractivity contribution >= 4 is 40.1 Å². The average Bonchev–Trinajstić information content (AvgIpc) is 3.07. The van der Waals surface area contributed by atoms with Gasteiger partial charge in [-0.25, -0.2) is 4.98 Å². The van der Waals surface area contributed by atoms with E-state index in [4.69, 9.17) is 23.2 Å². The molecule has 0 saturated carbocycles. The smallest absolute Gasteiger partial charge is 0.254 e. The molecule has 1 aliphatic rings. The van der Waals surface area contributed by atoms with Crippen LogP contribution in [0.5, 0.6) is 0 Å². The number of amides is 1. The highest BCUT2D eigenvalue weighted by molar-refractivity contribution is 6.42. The molecule has 0 spiro atoms. The number of hydrogen-bond donors (Lipinski definition) is 1. The van der Waals surface area contributed by atoms with Crippen LogP contribution < -0.4 is 0 Å². The number of carbonyl (C=O) groups is 1. The molecule has 0 aliphatic carbocycles. The predicted molar refractivity (Wildman–Crippen MR) is 91.0 cm³/mol. The van der Waals surface area contributed by atoms with Gasteiger partial charge in [0, 0.05) is 25.1 Å². The van der Waals surface area contributed by atoms with Crippen molar-refractivity contribution in [2.75, 3.05) is 6.54 Å². The van der Waals surface area contributed by atoms with E-state index in [0.717, 1.165) is 28.0 Å². The first-order valence-electron chi connectivity index (χ1n) is 7.32. The van der Waals surface area contributed by atoms with Crippen molar-refractivity contribution in [3.8, 4) is 0 Å². The number of carbonyl (C=O) groups excluding carboxylic acids is 1. The molecule has 3 aromatic rings. The first-order chi connectivity index (χ1) is 11.1. The lowest BCUT2D eigenvalue weighted by atomic mass is 10.1. The Hall–Kier alpha value is -2.04. The van der Waals surface area contributed by atoms with Crippen molar-refractivity contribution in [1.82, 2.24) is 14.9 Å². The molecule has 1 amide bonds. The minimum Gasteiger partial charge on any atom is -0.342 e. The molecule has 2 heterocycles. The lowest BCUT2D eigenvalue weighted by Crippen LogP contribution is -2.26. The summed E-state index contributed by atoms with van der Waals surface area (Å²) in [6.07, 6.45) is 0.656. The molecule has 1 aromatic heterocycles. The highest BCUT2D eigenvalue weighted by Crippen LogP contribution is 2.27. The minimum absolute atomic E-state index is 0.0859. The monoisotopic (exact) mass is 345 g/mol. The summed E-state index contributed by atoms with van der Waals surface area (Å²) >= 11 is 12.0. The van der Waals surface area contributed by atoms with E-state index in [2.05, 4.69) is 9.97 Å². The maximum Gasteiger partial charge on any atom is 0.254 e. The van der Waals surface area contributed by atoms with Gasteiger partial charge in [0.15, 0.2) is 0 Å². The summed E-state index contributed by atoms with van der Waals surface area (Å²) in [6.45, 7) is 1.28. The molecule has 0 saturated heterocycles. The van der Waals surface area contributed by atoms with Crippen LogP contribution in [0.25, 0.3) is 11.0 Å². The molecule has 0 radical (unpaired) electrons. The standard InChI is InChI=1S/C17H13Cl2N3O/c18-12-7-14-15(8-13(12)19)21-16(20-14)5-6-22-9-10-3-1-2-4-11(10)17(22)23/h1-4,7-8H,5-6,9H2,(H,20,21). The summed E-state index contributed by atoms with van der Waals surface area (Å²) < 4.78 is 0. The number of aromatic nitrogens is 2. The SMILES string of the molecule is O=C1c2ccccc2CN1CCc1nc2cc(Cl)c(Cl)cc2[nH]1. The third-order valence-corrected chi connectivity index (χ3v) is 4.81. The van der Waals surface area contributed by atoms with E-state index in [1.54, 1.807) is 12.1 Å². The summed E-state index contributed by atoms with van der Waals surface area (Å²) in [5.41, 5.74) is 3.52. The van der Waals surface area contributed by atoms with E-state index in [9.17, 15) is 4.79 Å². The predicted octanol–water partition coefficient (Wildman–Crippen LogP) is 4.07. The summed E-state index contributed by atoms with van der Waals surface area (Å²) in [4.78, 5) is 21.9. The van der Waals surface area contributed by atoms with E-state index in [1.807, 2.05) is 29.2 Å². The van der Waals surface area contributed by atoms with Gasteiger partial charge >= 0.3 is 0 Å². The number of benzene rings is 2. The highest BCUT2D eigenvalue weighted by atomic mass is 35.5. The topological polar surface area (TPSA) is 49.0 Å². The zero-order chi connectivity index (χ0) is 16.0. The highest BCUT2D eigenvalue weighted by Gasteiger charge is 2.26. The number of halogens is 2. The van der Waals surface area contributed by atoms with Gasteiger partial charge < -0.3 is 9.88 Å². The second-order valence-electron chi connectivity index (χ2n) is 5.60. The summed E-state index contributed by atoms with van der Waals surface area (Å²) in [7, 11) is 0. The number of imidazole rings is 1. The molecule has 0 unspecified atom stereocenters. The van der Waals surface area contributed by atoms with Crippen molar-refractivity contribution in [2.45, 2.75) is 13.0 Å². The van der Waals surface area contributed by atoms with Gasteiger partial charge in [0.1, 0.15) is 5.82 Å². The Kier molecular flexibility index (Phi) is 3.51. The van der Waals surface area contributed by atoms with Gasteiger partial charge in [-0.1, -0.05) is 41.4 Å². The Labute approximate surface area is 143 Å². The van der Waals surface area contributed by atoms with Gasteiger partial charge in [-0.3, -0.25) is 4.79 Å². The normalized spacial score (nSPS) is 13.8. The van der Waals surface area contributed by atoms with Crippen LogP contribution in [0, 0.1) is 0 Å². The number of H-pyrrole nitrogens is 1. The lowest BCUT2D eigenvalue weighted by molar-refractivity contribution is 0.0779. The van der Waals surface area contributed by atoms with Crippen LogP contribution in [-0.4, -0.2) is 27.3 Å². The van der Waals surface area contributed by atoms with Gasteiger partial charge in [0.25, 0.3) is 5.91 Å². The summed E-state index contributed by atoms with van der Waals surface area (Å²) in [6, 6.07) is 11.2. The molecule has 1 N–H and O–H groups in total. The number of rotatable bonds is 3. The fraction of sp³-hybridized carbons (Fsp3) is 0.176. The molecule has 23 heavy (non-hydrogen) atoms. The largest absolute Gasteiger partial charge is 0.342 e. The number of fused-ring (bicyclic) bond motifs is 2. The molecule has 6 heteroatoms. The molecular weight excluding hydrogens is 333 g/mol. The van der Waals surface area contributed by atoms with Crippen LogP contribution in [0.3, 0.4) is 0 Å². The number of aromatic amines is 1. The van der Waals surface area contributed by atoms with Gasteiger partial charge in [-0.2, -0.15) is 0 Å². The van der Waals surface area contributed by atoms with Crippen LogP contribution in [0.1, 0.15) is 21.7 Å². The molecule has 2 aromatic carbocycles. The Balaban J connectivity index is 1.51. The van der Waals surface area contributed by atoms with Gasteiger partial charge in [-0.05, 0) is 23.8 Å². The van der Waals surface area contributed by atoms with E-state index < -0.39 is 0 Å². The molecule has 0 fully saturated rings. The molecule has 0 atom stereocenters. The number of hydrogen-bond acceptors (Lipinski definition) is 2. The second kappa shape index (κ2) is 5.55. The van der Waals surface area contributed by atoms with Gasteiger partial charge in [0.05, 0.1) is 21.1 Å². The van der Waals surface area contributed by atoms with E-state index in [-0.39, 0.29) is 5.91 Å². The van der Waals surface area contributed by atoms with Crippen molar-refractivity contribution < 1.29 is 4.79 Å². The maximum atomic E-state index is 12.3. The van der Waals surface area contributed by atoms with Crippen LogP contribution in [0.2, 0.25) is 10.0 Å². The molecule has 4 rings (SSSR count). The van der Waals surface area contributed by atoms with E-state index in [1.165, 1.54) is 0 Å². The van der Waals surface area contributed by atoms with E-state index in [0.29, 0.717) is 29.6 Å². The number of nitrogens with one attached hydrogen (secondary N) is 1. The number of nitrogens with zero attached hydrogens (tertiary/aromatic N) is 2. The van der Waals surface area contributed by atoms with Crippen molar-refractivity contribution in [3.05, 3.63) is 63.4 Å². The molecule has 0 bridgehead atoms. The first kappa shape index (κ1) is 14.5. The summed E-state index contributed by atoms with van der Waals surface area (Å²) in [5, 5.41) is 0.988. The third kappa shape index (κ3) is 2.58. The van der Waals surface area contributed by atoms with Crippen LogP contribution in [-0.2, 0) is 13.0 Å². The minimum atomic E-state index is 0.0859. The molecule has 116 valence electrons. The Morgan fingerprint density at radius 1 is 1.17 bits per heavy atom. The van der Waals surface area contributed by atoms with Crippen molar-refractivity contribution in [1.29, 1.82) is 0 Å². The maximum absolute atomic E-state index is 12.3.